The van der Waals surface area contributed by atoms with Crippen molar-refractivity contribution in [2.24, 2.45) is 0 Å². The molecule has 0 aliphatic carbocycles. The zero-order chi connectivity index (χ0) is 21.6. The molecule has 1 fully saturated rings. The van der Waals surface area contributed by atoms with Crippen LogP contribution in [0.1, 0.15) is 16.1 Å². The normalized spacial score (nSPS) is 14.4. The van der Waals surface area contributed by atoms with Crippen LogP contribution < -0.4 is 5.32 Å². The lowest BCUT2D eigenvalue weighted by molar-refractivity contribution is -0.117. The number of halogens is 1. The number of piperazine rings is 1. The van der Waals surface area contributed by atoms with Gasteiger partial charge in [0.1, 0.15) is 0 Å². The van der Waals surface area contributed by atoms with Crippen LogP contribution in [0.2, 0.25) is 5.02 Å². The number of benzene rings is 2. The van der Waals surface area contributed by atoms with Gasteiger partial charge in [0.2, 0.25) is 5.91 Å². The molecule has 31 heavy (non-hydrogen) atoms. The highest BCUT2D eigenvalue weighted by Crippen LogP contribution is 2.20. The number of aromatic nitrogens is 3. The molecule has 0 bridgehead atoms. The SMILES string of the molecule is O=C(CN1CCN(C(=O)c2cn(Cc3ccccc3)nn2)CC1)Nc1ccccc1Cl. The summed E-state index contributed by atoms with van der Waals surface area (Å²) in [5.74, 6) is -0.267. The van der Waals surface area contributed by atoms with E-state index in [4.69, 9.17) is 11.6 Å². The van der Waals surface area contributed by atoms with Gasteiger partial charge in [0.05, 0.1) is 30.0 Å². The molecule has 0 atom stereocenters. The molecule has 2 aromatic carbocycles. The monoisotopic (exact) mass is 438 g/mol. The van der Waals surface area contributed by atoms with Crippen molar-refractivity contribution in [2.75, 3.05) is 38.0 Å². The van der Waals surface area contributed by atoms with E-state index in [0.717, 1.165) is 5.56 Å². The fourth-order valence-electron chi connectivity index (χ4n) is 3.47. The minimum absolute atomic E-state index is 0.128. The summed E-state index contributed by atoms with van der Waals surface area (Å²) in [5, 5.41) is 11.4. The molecule has 2 amide bonds. The van der Waals surface area contributed by atoms with Crippen LogP contribution in [0.4, 0.5) is 5.69 Å². The second kappa shape index (κ2) is 9.72. The molecular formula is C22H23ClN6O2. The highest BCUT2D eigenvalue weighted by molar-refractivity contribution is 6.33. The van der Waals surface area contributed by atoms with Gasteiger partial charge in [-0.1, -0.05) is 59.3 Å². The van der Waals surface area contributed by atoms with Gasteiger partial charge < -0.3 is 10.2 Å². The van der Waals surface area contributed by atoms with E-state index in [-0.39, 0.29) is 18.4 Å². The molecule has 1 saturated heterocycles. The van der Waals surface area contributed by atoms with E-state index in [2.05, 4.69) is 15.6 Å². The van der Waals surface area contributed by atoms with E-state index in [1.54, 1.807) is 27.9 Å². The van der Waals surface area contributed by atoms with E-state index in [1.807, 2.05) is 47.4 Å². The summed E-state index contributed by atoms with van der Waals surface area (Å²) in [5.41, 5.74) is 2.03. The van der Waals surface area contributed by atoms with Gasteiger partial charge in [-0.05, 0) is 17.7 Å². The fraction of sp³-hybridized carbons (Fsp3) is 0.273. The summed E-state index contributed by atoms with van der Waals surface area (Å²) >= 11 is 6.09. The number of anilines is 1. The maximum absolute atomic E-state index is 12.8. The van der Waals surface area contributed by atoms with Gasteiger partial charge in [-0.25, -0.2) is 4.68 Å². The standard InChI is InChI=1S/C22H23ClN6O2/c23-18-8-4-5-9-19(18)24-21(30)16-27-10-12-28(13-11-27)22(31)20-15-29(26-25-20)14-17-6-2-1-3-7-17/h1-9,15H,10-14,16H2,(H,24,30). The molecular weight excluding hydrogens is 416 g/mol. The Labute approximate surface area is 185 Å². The Morgan fingerprint density at radius 1 is 0.968 bits per heavy atom. The van der Waals surface area contributed by atoms with Gasteiger partial charge in [-0.15, -0.1) is 5.10 Å². The Hall–Kier alpha value is -3.23. The van der Waals surface area contributed by atoms with E-state index >= 15 is 0 Å². The number of carbonyl (C=O) groups is 2. The average Bonchev–Trinajstić information content (AvgIpc) is 3.24. The molecule has 0 saturated carbocycles. The second-order valence-corrected chi connectivity index (χ2v) is 7.79. The van der Waals surface area contributed by atoms with Crippen molar-refractivity contribution in [3.8, 4) is 0 Å². The number of nitrogens with one attached hydrogen (secondary N) is 1. The largest absolute Gasteiger partial charge is 0.335 e. The summed E-state index contributed by atoms with van der Waals surface area (Å²) in [7, 11) is 0. The molecule has 1 aromatic heterocycles. The maximum atomic E-state index is 12.8. The number of hydrogen-bond acceptors (Lipinski definition) is 5. The molecule has 2 heterocycles. The van der Waals surface area contributed by atoms with Crippen LogP contribution >= 0.6 is 11.6 Å². The van der Waals surface area contributed by atoms with Crippen LogP contribution in [0.3, 0.4) is 0 Å². The Morgan fingerprint density at radius 2 is 1.68 bits per heavy atom. The molecule has 0 radical (unpaired) electrons. The third kappa shape index (κ3) is 5.48. The van der Waals surface area contributed by atoms with Gasteiger partial charge in [-0.2, -0.15) is 0 Å². The molecule has 1 N–H and O–H groups in total. The summed E-state index contributed by atoms with van der Waals surface area (Å²) in [6, 6.07) is 17.0. The molecule has 0 spiro atoms. The van der Waals surface area contributed by atoms with Crippen molar-refractivity contribution < 1.29 is 9.59 Å². The summed E-state index contributed by atoms with van der Waals surface area (Å²) in [6.07, 6.45) is 1.68. The van der Waals surface area contributed by atoms with Crippen molar-refractivity contribution in [2.45, 2.75) is 6.54 Å². The predicted octanol–water partition coefficient (Wildman–Crippen LogP) is 2.38. The van der Waals surface area contributed by atoms with Crippen LogP contribution in [0.5, 0.6) is 0 Å². The highest BCUT2D eigenvalue weighted by atomic mass is 35.5. The first-order valence-electron chi connectivity index (χ1n) is 10.1. The third-order valence-corrected chi connectivity index (χ3v) is 5.45. The molecule has 1 aliphatic heterocycles. The smallest absolute Gasteiger partial charge is 0.276 e. The molecule has 8 nitrogen and oxygen atoms in total. The molecule has 1 aliphatic rings. The first-order chi connectivity index (χ1) is 15.1. The summed E-state index contributed by atoms with van der Waals surface area (Å²) in [4.78, 5) is 28.8. The molecule has 3 aromatic rings. The lowest BCUT2D eigenvalue weighted by Gasteiger charge is -2.33. The molecule has 4 rings (SSSR count). The number of nitrogens with zero attached hydrogens (tertiary/aromatic N) is 5. The van der Waals surface area contributed by atoms with Crippen molar-refractivity contribution >= 4 is 29.1 Å². The number of carbonyl (C=O) groups excluding carboxylic acids is 2. The van der Waals surface area contributed by atoms with Crippen molar-refractivity contribution in [1.29, 1.82) is 0 Å². The predicted molar refractivity (Wildman–Crippen MR) is 118 cm³/mol. The van der Waals surface area contributed by atoms with Gasteiger partial charge in [0, 0.05) is 26.2 Å². The van der Waals surface area contributed by atoms with Crippen molar-refractivity contribution in [1.82, 2.24) is 24.8 Å². The van der Waals surface area contributed by atoms with Crippen LogP contribution in [-0.4, -0.2) is 69.3 Å². The first-order valence-corrected chi connectivity index (χ1v) is 10.5. The lowest BCUT2D eigenvalue weighted by atomic mass is 10.2. The Morgan fingerprint density at radius 3 is 2.42 bits per heavy atom. The quantitative estimate of drug-likeness (QED) is 0.638. The lowest BCUT2D eigenvalue weighted by Crippen LogP contribution is -2.50. The van der Waals surface area contributed by atoms with E-state index < -0.39 is 0 Å². The van der Waals surface area contributed by atoms with E-state index in [0.29, 0.717) is 49.1 Å². The summed E-state index contributed by atoms with van der Waals surface area (Å²) in [6.45, 7) is 3.10. The first kappa shape index (κ1) is 21.0. The Kier molecular flexibility index (Phi) is 6.59. The van der Waals surface area contributed by atoms with Crippen LogP contribution in [0, 0.1) is 0 Å². The van der Waals surface area contributed by atoms with Gasteiger partial charge >= 0.3 is 0 Å². The Bertz CT molecular complexity index is 1050. The Balaban J connectivity index is 1.26. The third-order valence-electron chi connectivity index (χ3n) is 5.12. The average molecular weight is 439 g/mol. The molecule has 160 valence electrons. The molecule has 0 unspecified atom stereocenters. The zero-order valence-corrected chi connectivity index (χ0v) is 17.7. The van der Waals surface area contributed by atoms with Gasteiger partial charge in [0.25, 0.3) is 5.91 Å². The van der Waals surface area contributed by atoms with Gasteiger partial charge in [-0.3, -0.25) is 14.5 Å². The highest BCUT2D eigenvalue weighted by Gasteiger charge is 2.25. The van der Waals surface area contributed by atoms with Crippen molar-refractivity contribution in [3.63, 3.8) is 0 Å². The minimum atomic E-state index is -0.139. The second-order valence-electron chi connectivity index (χ2n) is 7.38. The number of amides is 2. The summed E-state index contributed by atoms with van der Waals surface area (Å²) < 4.78 is 1.66. The minimum Gasteiger partial charge on any atom is -0.335 e. The molecule has 9 heteroatoms. The topological polar surface area (TPSA) is 83.4 Å². The fourth-order valence-corrected chi connectivity index (χ4v) is 3.65. The maximum Gasteiger partial charge on any atom is 0.276 e. The van der Waals surface area contributed by atoms with Crippen LogP contribution in [0.15, 0.2) is 60.8 Å². The number of rotatable bonds is 6. The van der Waals surface area contributed by atoms with E-state index in [1.165, 1.54) is 0 Å². The van der Waals surface area contributed by atoms with Gasteiger partial charge in [0.15, 0.2) is 5.69 Å². The van der Waals surface area contributed by atoms with E-state index in [9.17, 15) is 9.59 Å². The number of hydrogen-bond donors (Lipinski definition) is 1. The van der Waals surface area contributed by atoms with Crippen LogP contribution in [0.25, 0.3) is 0 Å². The zero-order valence-electron chi connectivity index (χ0n) is 16.9. The van der Waals surface area contributed by atoms with Crippen molar-refractivity contribution in [3.05, 3.63) is 77.1 Å². The number of para-hydroxylation sites is 1. The van der Waals surface area contributed by atoms with Crippen LogP contribution in [-0.2, 0) is 11.3 Å².